The number of carbonyl (C=O) groups excluding carboxylic acids is 1. The van der Waals surface area contributed by atoms with Crippen LogP contribution in [0, 0.1) is 6.92 Å². The van der Waals surface area contributed by atoms with Crippen molar-refractivity contribution >= 4 is 33.1 Å². The van der Waals surface area contributed by atoms with E-state index in [4.69, 9.17) is 5.73 Å². The first-order valence-corrected chi connectivity index (χ1v) is 7.14. The van der Waals surface area contributed by atoms with E-state index < -0.39 is 5.54 Å². The molecule has 0 aliphatic heterocycles. The lowest BCUT2D eigenvalue weighted by Crippen LogP contribution is -2.47. The van der Waals surface area contributed by atoms with Gasteiger partial charge >= 0.3 is 0 Å². The number of thiophene rings is 1. The van der Waals surface area contributed by atoms with E-state index in [9.17, 15) is 9.90 Å². The fourth-order valence-corrected chi connectivity index (χ4v) is 2.90. The van der Waals surface area contributed by atoms with Gasteiger partial charge in [0.15, 0.2) is 0 Å². The SMILES string of the molecule is Cc1ccc2c(N)c(C(=O)N(C)C(C)(C)CO)sc2n1. The average molecular weight is 293 g/mol. The number of amides is 1. The van der Waals surface area contributed by atoms with E-state index in [1.54, 1.807) is 20.9 Å². The third-order valence-corrected chi connectivity index (χ3v) is 4.63. The molecule has 1 amide bonds. The summed E-state index contributed by atoms with van der Waals surface area (Å²) in [6, 6.07) is 3.76. The average Bonchev–Trinajstić information content (AvgIpc) is 2.73. The van der Waals surface area contributed by atoms with Crippen LogP contribution in [0.3, 0.4) is 0 Å². The Bertz CT molecular complexity index is 664. The summed E-state index contributed by atoms with van der Waals surface area (Å²) in [5, 5.41) is 10.2. The summed E-state index contributed by atoms with van der Waals surface area (Å²) < 4.78 is 0. The number of aliphatic hydroxyl groups excluding tert-OH is 1. The van der Waals surface area contributed by atoms with Crippen LogP contribution in [0.2, 0.25) is 0 Å². The van der Waals surface area contributed by atoms with Gasteiger partial charge in [0.25, 0.3) is 5.91 Å². The van der Waals surface area contributed by atoms with Crippen molar-refractivity contribution in [3.05, 3.63) is 22.7 Å². The number of likely N-dealkylation sites (N-methyl/N-ethyl adjacent to an activating group) is 1. The quantitative estimate of drug-likeness (QED) is 0.907. The zero-order valence-electron chi connectivity index (χ0n) is 12.1. The van der Waals surface area contributed by atoms with Gasteiger partial charge in [0.05, 0.1) is 17.8 Å². The van der Waals surface area contributed by atoms with Crippen molar-refractivity contribution < 1.29 is 9.90 Å². The molecule has 0 bridgehead atoms. The van der Waals surface area contributed by atoms with Crippen molar-refractivity contribution in [2.75, 3.05) is 19.4 Å². The minimum Gasteiger partial charge on any atom is -0.397 e. The molecular formula is C14H19N3O2S. The summed E-state index contributed by atoms with van der Waals surface area (Å²) in [7, 11) is 1.67. The van der Waals surface area contributed by atoms with Crippen molar-refractivity contribution in [1.82, 2.24) is 9.88 Å². The molecule has 0 atom stereocenters. The summed E-state index contributed by atoms with van der Waals surface area (Å²) in [6.45, 7) is 5.39. The number of rotatable bonds is 3. The van der Waals surface area contributed by atoms with Gasteiger partial charge in [-0.25, -0.2) is 4.98 Å². The van der Waals surface area contributed by atoms with E-state index in [-0.39, 0.29) is 12.5 Å². The zero-order chi connectivity index (χ0) is 15.1. The molecule has 0 radical (unpaired) electrons. The van der Waals surface area contributed by atoms with Crippen LogP contribution < -0.4 is 5.73 Å². The second kappa shape index (κ2) is 5.03. The molecule has 108 valence electrons. The van der Waals surface area contributed by atoms with Gasteiger partial charge in [0.2, 0.25) is 0 Å². The highest BCUT2D eigenvalue weighted by molar-refractivity contribution is 7.21. The van der Waals surface area contributed by atoms with E-state index in [0.717, 1.165) is 15.9 Å². The molecule has 0 aliphatic rings. The second-order valence-corrected chi connectivity index (χ2v) is 6.48. The van der Waals surface area contributed by atoms with Crippen molar-refractivity contribution in [3.8, 4) is 0 Å². The minimum atomic E-state index is -0.636. The number of fused-ring (bicyclic) bond motifs is 1. The lowest BCUT2D eigenvalue weighted by Gasteiger charge is -2.33. The molecule has 0 saturated heterocycles. The zero-order valence-corrected chi connectivity index (χ0v) is 12.9. The van der Waals surface area contributed by atoms with Gasteiger partial charge in [0.1, 0.15) is 9.71 Å². The maximum Gasteiger partial charge on any atom is 0.266 e. The van der Waals surface area contributed by atoms with Crippen molar-refractivity contribution in [2.45, 2.75) is 26.3 Å². The summed E-state index contributed by atoms with van der Waals surface area (Å²) in [5.41, 5.74) is 6.79. The summed E-state index contributed by atoms with van der Waals surface area (Å²) in [5.74, 6) is -0.192. The van der Waals surface area contributed by atoms with Crippen LogP contribution in [-0.4, -0.2) is 40.1 Å². The lowest BCUT2D eigenvalue weighted by molar-refractivity contribution is 0.0479. The third kappa shape index (κ3) is 2.36. The maximum atomic E-state index is 12.5. The Hall–Kier alpha value is -1.66. The summed E-state index contributed by atoms with van der Waals surface area (Å²) in [4.78, 5) is 19.7. The maximum absolute atomic E-state index is 12.5. The molecule has 5 nitrogen and oxygen atoms in total. The van der Waals surface area contributed by atoms with Crippen LogP contribution >= 0.6 is 11.3 Å². The van der Waals surface area contributed by atoms with Gasteiger partial charge in [-0.1, -0.05) is 0 Å². The van der Waals surface area contributed by atoms with Gasteiger partial charge < -0.3 is 15.7 Å². The smallest absolute Gasteiger partial charge is 0.266 e. The topological polar surface area (TPSA) is 79.5 Å². The van der Waals surface area contributed by atoms with Crippen LogP contribution in [0.4, 0.5) is 5.69 Å². The number of carbonyl (C=O) groups is 1. The molecule has 3 N–H and O–H groups in total. The predicted molar refractivity (Wildman–Crippen MR) is 82.0 cm³/mol. The molecule has 0 fully saturated rings. The number of anilines is 1. The number of hydrogen-bond donors (Lipinski definition) is 2. The Morgan fingerprint density at radius 3 is 2.75 bits per heavy atom. The van der Waals surface area contributed by atoms with Crippen molar-refractivity contribution in [3.63, 3.8) is 0 Å². The number of nitrogens with two attached hydrogens (primary N) is 1. The summed E-state index contributed by atoms with van der Waals surface area (Å²) >= 11 is 1.29. The van der Waals surface area contributed by atoms with Gasteiger partial charge in [-0.05, 0) is 32.9 Å². The Labute approximate surface area is 122 Å². The monoisotopic (exact) mass is 293 g/mol. The van der Waals surface area contributed by atoms with E-state index in [1.807, 2.05) is 19.1 Å². The molecule has 2 heterocycles. The predicted octanol–water partition coefficient (Wildman–Crippen LogP) is 2.03. The molecule has 0 unspecified atom stereocenters. The number of nitrogens with zero attached hydrogens (tertiary/aromatic N) is 2. The molecular weight excluding hydrogens is 274 g/mol. The molecule has 0 aromatic carbocycles. The lowest BCUT2D eigenvalue weighted by atomic mass is 10.0. The Morgan fingerprint density at radius 2 is 2.15 bits per heavy atom. The summed E-state index contributed by atoms with van der Waals surface area (Å²) in [6.07, 6.45) is 0. The van der Waals surface area contributed by atoms with E-state index in [2.05, 4.69) is 4.98 Å². The normalized spacial score (nSPS) is 11.8. The Morgan fingerprint density at radius 1 is 1.50 bits per heavy atom. The molecule has 20 heavy (non-hydrogen) atoms. The van der Waals surface area contributed by atoms with Gasteiger partial charge in [-0.2, -0.15) is 0 Å². The van der Waals surface area contributed by atoms with E-state index in [1.165, 1.54) is 16.2 Å². The number of hydrogen-bond acceptors (Lipinski definition) is 5. The molecule has 6 heteroatoms. The highest BCUT2D eigenvalue weighted by Gasteiger charge is 2.30. The second-order valence-electron chi connectivity index (χ2n) is 5.48. The number of aromatic nitrogens is 1. The van der Waals surface area contributed by atoms with Crippen LogP contribution in [0.5, 0.6) is 0 Å². The first kappa shape index (κ1) is 14.7. The largest absolute Gasteiger partial charge is 0.397 e. The highest BCUT2D eigenvalue weighted by atomic mass is 32.1. The number of pyridine rings is 1. The first-order chi connectivity index (χ1) is 9.27. The molecule has 2 rings (SSSR count). The number of aryl methyl sites for hydroxylation is 1. The third-order valence-electron chi connectivity index (χ3n) is 3.53. The van der Waals surface area contributed by atoms with Crippen LogP contribution in [0.15, 0.2) is 12.1 Å². The number of nitrogen functional groups attached to an aromatic ring is 1. The van der Waals surface area contributed by atoms with Crippen LogP contribution in [0.25, 0.3) is 10.2 Å². The molecule has 0 saturated carbocycles. The standard InChI is InChI=1S/C14H19N3O2S/c1-8-5-6-9-10(15)11(20-12(9)16-8)13(19)17(4)14(2,3)7-18/h5-6,18H,7,15H2,1-4H3. The van der Waals surface area contributed by atoms with Gasteiger partial charge in [-0.15, -0.1) is 11.3 Å². The van der Waals surface area contributed by atoms with E-state index >= 15 is 0 Å². The van der Waals surface area contributed by atoms with Gasteiger partial charge in [0, 0.05) is 18.1 Å². The Balaban J connectivity index is 2.48. The van der Waals surface area contributed by atoms with Crippen LogP contribution in [-0.2, 0) is 0 Å². The first-order valence-electron chi connectivity index (χ1n) is 6.32. The minimum absolute atomic E-state index is 0.114. The molecule has 2 aromatic rings. The Kier molecular flexibility index (Phi) is 3.71. The van der Waals surface area contributed by atoms with Crippen LogP contribution in [0.1, 0.15) is 29.2 Å². The fraction of sp³-hybridized carbons (Fsp3) is 0.429. The highest BCUT2D eigenvalue weighted by Crippen LogP contribution is 2.34. The molecule has 2 aromatic heterocycles. The van der Waals surface area contributed by atoms with Crippen molar-refractivity contribution in [2.24, 2.45) is 0 Å². The van der Waals surface area contributed by atoms with Crippen molar-refractivity contribution in [1.29, 1.82) is 0 Å². The van der Waals surface area contributed by atoms with Gasteiger partial charge in [-0.3, -0.25) is 4.79 Å². The molecule has 0 spiro atoms. The van der Waals surface area contributed by atoms with E-state index in [0.29, 0.717) is 10.6 Å². The number of aliphatic hydroxyl groups is 1. The fourth-order valence-electron chi connectivity index (χ4n) is 1.78. The molecule has 0 aliphatic carbocycles.